The van der Waals surface area contributed by atoms with E-state index in [0.717, 1.165) is 11.1 Å². The molecule has 228 valence electrons. The van der Waals surface area contributed by atoms with E-state index in [0.29, 0.717) is 29.5 Å². The van der Waals surface area contributed by atoms with E-state index in [4.69, 9.17) is 40.0 Å². The van der Waals surface area contributed by atoms with Crippen LogP contribution in [0.15, 0.2) is 72.8 Å². The normalized spacial score (nSPS) is 13.5. The van der Waals surface area contributed by atoms with Crippen LogP contribution in [0.3, 0.4) is 0 Å². The lowest BCUT2D eigenvalue weighted by molar-refractivity contribution is -0.344. The van der Waals surface area contributed by atoms with Crippen LogP contribution in [-0.2, 0) is 25.7 Å². The number of hydrogen-bond donors (Lipinski definition) is 2. The fourth-order valence-corrected chi connectivity index (χ4v) is 3.64. The SMILES string of the molecule is CCOC(=O)C(=O)N(Cc1ccccc1)c1ccc2c(c1)O[C@@H](COc1ccc(C(N)=[NH2+])cc1)CO2.O=C([O-])C(F)(F)F. The van der Waals surface area contributed by atoms with E-state index in [9.17, 15) is 22.8 Å². The third-order valence-electron chi connectivity index (χ3n) is 5.69. The molecule has 0 aliphatic carbocycles. The summed E-state index contributed by atoms with van der Waals surface area (Å²) >= 11 is 0. The van der Waals surface area contributed by atoms with E-state index in [1.165, 1.54) is 4.90 Å². The summed E-state index contributed by atoms with van der Waals surface area (Å²) in [5.74, 6) is -2.84. The van der Waals surface area contributed by atoms with E-state index >= 15 is 0 Å². The van der Waals surface area contributed by atoms with Gasteiger partial charge in [-0.3, -0.25) is 20.8 Å². The average Bonchev–Trinajstić information content (AvgIpc) is 2.98. The molecule has 0 aromatic heterocycles. The Morgan fingerprint density at radius 2 is 1.70 bits per heavy atom. The van der Waals surface area contributed by atoms with Crippen molar-refractivity contribution in [1.29, 1.82) is 0 Å². The molecule has 0 radical (unpaired) electrons. The van der Waals surface area contributed by atoms with Crippen molar-refractivity contribution in [3.05, 3.63) is 83.9 Å². The fourth-order valence-electron chi connectivity index (χ4n) is 3.64. The molecular weight excluding hydrogens is 575 g/mol. The second kappa shape index (κ2) is 14.6. The van der Waals surface area contributed by atoms with Crippen LogP contribution in [-0.4, -0.2) is 55.8 Å². The minimum Gasteiger partial charge on any atom is -0.542 e. The van der Waals surface area contributed by atoms with Gasteiger partial charge in [0.05, 0.1) is 18.7 Å². The van der Waals surface area contributed by atoms with Crippen LogP contribution < -0.4 is 35.4 Å². The van der Waals surface area contributed by atoms with Crippen molar-refractivity contribution < 1.29 is 57.0 Å². The van der Waals surface area contributed by atoms with Gasteiger partial charge in [-0.2, -0.15) is 13.2 Å². The fraction of sp³-hybridized carbons (Fsp3) is 0.241. The number of hydrogen-bond acceptors (Lipinski definition) is 8. The molecule has 4 rings (SSSR count). The summed E-state index contributed by atoms with van der Waals surface area (Å²) in [7, 11) is 0. The van der Waals surface area contributed by atoms with E-state index in [-0.39, 0.29) is 31.7 Å². The number of carboxylic acids is 1. The second-order valence-electron chi connectivity index (χ2n) is 8.86. The van der Waals surface area contributed by atoms with Gasteiger partial charge in [-0.15, -0.1) is 0 Å². The summed E-state index contributed by atoms with van der Waals surface area (Å²) in [5.41, 5.74) is 7.65. The number of benzene rings is 3. The number of aliphatic carboxylic acids is 1. The molecule has 1 aliphatic rings. The number of carboxylic acid groups (broad SMARTS) is 1. The maximum atomic E-state index is 12.9. The summed E-state index contributed by atoms with van der Waals surface area (Å²) < 4.78 is 54.3. The maximum absolute atomic E-state index is 12.9. The molecule has 0 bridgehead atoms. The van der Waals surface area contributed by atoms with Gasteiger partial charge >= 0.3 is 18.1 Å². The molecule has 0 unspecified atom stereocenters. The highest BCUT2D eigenvalue weighted by molar-refractivity contribution is 6.38. The predicted octanol–water partition coefficient (Wildman–Crippen LogP) is 0.765. The number of ether oxygens (including phenoxy) is 4. The first-order valence-electron chi connectivity index (χ1n) is 12.7. The Morgan fingerprint density at radius 1 is 1.05 bits per heavy atom. The van der Waals surface area contributed by atoms with Crippen molar-refractivity contribution in [2.24, 2.45) is 5.73 Å². The lowest BCUT2D eigenvalue weighted by Crippen LogP contribution is -2.46. The summed E-state index contributed by atoms with van der Waals surface area (Å²) in [4.78, 5) is 35.3. The van der Waals surface area contributed by atoms with E-state index in [1.807, 2.05) is 30.3 Å². The smallest absolute Gasteiger partial charge is 0.430 e. The largest absolute Gasteiger partial charge is 0.542 e. The molecular formula is C29H28F3N3O8. The highest BCUT2D eigenvalue weighted by Crippen LogP contribution is 2.36. The molecule has 1 atom stereocenters. The van der Waals surface area contributed by atoms with Crippen LogP contribution in [0.4, 0.5) is 18.9 Å². The van der Waals surface area contributed by atoms with Gasteiger partial charge in [0.25, 0.3) is 5.84 Å². The van der Waals surface area contributed by atoms with Crippen LogP contribution in [0.1, 0.15) is 18.1 Å². The summed E-state index contributed by atoms with van der Waals surface area (Å²) in [6.07, 6.45) is -5.58. The molecule has 0 fully saturated rings. The first-order valence-corrected chi connectivity index (χ1v) is 12.7. The number of carbonyl (C=O) groups is 3. The molecule has 0 saturated heterocycles. The Bertz CT molecular complexity index is 1430. The van der Waals surface area contributed by atoms with E-state index < -0.39 is 24.0 Å². The number of halogens is 3. The van der Waals surface area contributed by atoms with Gasteiger partial charge in [0.15, 0.2) is 17.6 Å². The Morgan fingerprint density at radius 3 is 2.28 bits per heavy atom. The Hall–Kier alpha value is -5.27. The summed E-state index contributed by atoms with van der Waals surface area (Å²) in [6, 6.07) is 21.6. The zero-order chi connectivity index (χ0) is 31.6. The van der Waals surface area contributed by atoms with Crippen LogP contribution >= 0.6 is 0 Å². The third kappa shape index (κ3) is 9.38. The Labute approximate surface area is 244 Å². The van der Waals surface area contributed by atoms with Crippen LogP contribution in [0.5, 0.6) is 17.2 Å². The highest BCUT2D eigenvalue weighted by Gasteiger charge is 2.29. The molecule has 0 saturated carbocycles. The molecule has 0 spiro atoms. The molecule has 1 amide bonds. The van der Waals surface area contributed by atoms with Gasteiger partial charge in [-0.25, -0.2) is 4.79 Å². The number of amides is 1. The van der Waals surface area contributed by atoms with Gasteiger partial charge in [0.2, 0.25) is 0 Å². The number of rotatable bonds is 8. The van der Waals surface area contributed by atoms with Crippen molar-refractivity contribution in [3.8, 4) is 17.2 Å². The van der Waals surface area contributed by atoms with Crippen LogP contribution in [0.25, 0.3) is 0 Å². The summed E-state index contributed by atoms with van der Waals surface area (Å²) in [5, 5.41) is 14.4. The van der Waals surface area contributed by atoms with E-state index in [1.54, 1.807) is 49.4 Å². The zero-order valence-electron chi connectivity index (χ0n) is 22.8. The van der Waals surface area contributed by atoms with E-state index in [2.05, 4.69) is 0 Å². The van der Waals surface area contributed by atoms with Gasteiger partial charge in [-0.05, 0) is 48.9 Å². The Kier molecular flexibility index (Phi) is 10.9. The number of anilines is 1. The van der Waals surface area contributed by atoms with Gasteiger partial charge in [0, 0.05) is 11.8 Å². The molecule has 4 N–H and O–H groups in total. The van der Waals surface area contributed by atoms with Crippen molar-refractivity contribution in [2.45, 2.75) is 25.7 Å². The van der Waals surface area contributed by atoms with Gasteiger partial charge in [0.1, 0.15) is 24.9 Å². The van der Waals surface area contributed by atoms with Crippen molar-refractivity contribution in [1.82, 2.24) is 0 Å². The number of nitrogens with zero attached hydrogens (tertiary/aromatic N) is 1. The minimum absolute atomic E-state index is 0.104. The first-order chi connectivity index (χ1) is 20.4. The van der Waals surface area contributed by atoms with Gasteiger partial charge < -0.3 is 28.8 Å². The molecule has 11 nitrogen and oxygen atoms in total. The number of carbonyl (C=O) groups excluding carboxylic acids is 3. The maximum Gasteiger partial charge on any atom is 0.430 e. The lowest BCUT2D eigenvalue weighted by Gasteiger charge is -2.28. The number of alkyl halides is 3. The second-order valence-corrected chi connectivity index (χ2v) is 8.86. The molecule has 43 heavy (non-hydrogen) atoms. The number of fused-ring (bicyclic) bond motifs is 1. The number of esters is 1. The molecule has 3 aromatic carbocycles. The van der Waals surface area contributed by atoms with Crippen LogP contribution in [0.2, 0.25) is 0 Å². The molecule has 1 aliphatic heterocycles. The molecule has 3 aromatic rings. The number of amidine groups is 1. The lowest BCUT2D eigenvalue weighted by atomic mass is 10.1. The standard InChI is InChI=1S/C27H27N3O6.C2HF3O2/c1-2-33-27(32)26(31)30(15-18-6-4-3-5-7-18)20-10-13-23-24(14-20)36-22(17-35-23)16-34-21-11-8-19(9-12-21)25(28)29;3-2(4,5)1(6)7/h3-14,22H,2,15-17H2,1H3,(H3,28,29);(H,6,7)/t22-;/m0./s1. The molecule has 1 heterocycles. The van der Waals surface area contributed by atoms with Crippen molar-refractivity contribution >= 4 is 29.4 Å². The van der Waals surface area contributed by atoms with Crippen molar-refractivity contribution in [3.63, 3.8) is 0 Å². The first kappa shape index (κ1) is 32.2. The highest BCUT2D eigenvalue weighted by atomic mass is 19.4. The van der Waals surface area contributed by atoms with Gasteiger partial charge in [-0.1, -0.05) is 30.3 Å². The summed E-state index contributed by atoms with van der Waals surface area (Å²) in [6.45, 7) is 2.47. The quantitative estimate of drug-likeness (QED) is 0.164. The topological polar surface area (TPSA) is 166 Å². The monoisotopic (exact) mass is 603 g/mol. The van der Waals surface area contributed by atoms with Crippen molar-refractivity contribution in [2.75, 3.05) is 24.7 Å². The van der Waals surface area contributed by atoms with Crippen LogP contribution in [0, 0.1) is 0 Å². The Balaban J connectivity index is 0.000000646. The zero-order valence-corrected chi connectivity index (χ0v) is 22.8. The molecule has 14 heteroatoms. The minimum atomic E-state index is -5.19. The third-order valence-corrected chi connectivity index (χ3v) is 5.69. The average molecular weight is 604 g/mol. The predicted molar refractivity (Wildman–Crippen MR) is 144 cm³/mol. The number of nitrogens with two attached hydrogens (primary N) is 2.